The molecule has 3 aromatic rings. The fourth-order valence-corrected chi connectivity index (χ4v) is 5.04. The molecule has 0 N–H and O–H groups in total. The fourth-order valence-electron chi connectivity index (χ4n) is 4.81. The molecular formula is C23H26ClN3. The van der Waals surface area contributed by atoms with Crippen molar-refractivity contribution in [3.63, 3.8) is 0 Å². The summed E-state index contributed by atoms with van der Waals surface area (Å²) < 4.78 is 2.44. The summed E-state index contributed by atoms with van der Waals surface area (Å²) in [5, 5.41) is 0.814. The first-order valence-corrected chi connectivity index (χ1v) is 10.5. The quantitative estimate of drug-likeness (QED) is 0.613. The van der Waals surface area contributed by atoms with Crippen molar-refractivity contribution >= 4 is 22.6 Å². The molecule has 1 fully saturated rings. The number of aryl methyl sites for hydroxylation is 3. The zero-order valence-corrected chi connectivity index (χ0v) is 16.7. The Morgan fingerprint density at radius 2 is 1.85 bits per heavy atom. The highest BCUT2D eigenvalue weighted by Gasteiger charge is 2.24. The van der Waals surface area contributed by atoms with Gasteiger partial charge in [0.1, 0.15) is 5.82 Å². The van der Waals surface area contributed by atoms with Crippen LogP contribution in [0.2, 0.25) is 5.02 Å². The first kappa shape index (κ1) is 17.3. The van der Waals surface area contributed by atoms with E-state index in [9.17, 15) is 0 Å². The van der Waals surface area contributed by atoms with Crippen LogP contribution in [0, 0.1) is 6.92 Å². The second-order valence-corrected chi connectivity index (χ2v) is 8.61. The molecule has 2 aliphatic rings. The van der Waals surface area contributed by atoms with E-state index < -0.39 is 0 Å². The lowest BCUT2D eigenvalue weighted by Gasteiger charge is -2.32. The lowest BCUT2D eigenvalue weighted by molar-refractivity contribution is 0.198. The van der Waals surface area contributed by atoms with Gasteiger partial charge < -0.3 is 4.57 Å². The highest BCUT2D eigenvalue weighted by Crippen LogP contribution is 2.32. The van der Waals surface area contributed by atoms with Gasteiger partial charge in [0.15, 0.2) is 0 Å². The van der Waals surface area contributed by atoms with Gasteiger partial charge in [0.2, 0.25) is 0 Å². The predicted molar refractivity (Wildman–Crippen MR) is 111 cm³/mol. The minimum Gasteiger partial charge on any atom is -0.327 e. The van der Waals surface area contributed by atoms with Crippen LogP contribution in [0.4, 0.5) is 0 Å². The van der Waals surface area contributed by atoms with Gasteiger partial charge in [0.25, 0.3) is 0 Å². The van der Waals surface area contributed by atoms with Crippen LogP contribution >= 0.6 is 11.6 Å². The van der Waals surface area contributed by atoms with E-state index in [0.29, 0.717) is 5.92 Å². The van der Waals surface area contributed by atoms with E-state index >= 15 is 0 Å². The molecule has 0 atom stereocenters. The summed E-state index contributed by atoms with van der Waals surface area (Å²) in [6.07, 6.45) is 4.77. The molecule has 3 heterocycles. The number of aromatic nitrogens is 2. The standard InChI is InChI=1S/C23H26ClN3/c1-16-4-6-17(7-5-16)18-8-11-26(12-9-18)15-22-25-21-14-20(24)13-19-3-2-10-27(22)23(19)21/h4-7,13-14,18H,2-3,8-12,15H2,1H3. The number of likely N-dealkylation sites (tertiary alicyclic amines) is 1. The van der Waals surface area contributed by atoms with Crippen molar-refractivity contribution in [2.75, 3.05) is 13.1 Å². The number of benzene rings is 2. The van der Waals surface area contributed by atoms with Crippen LogP contribution in [0.3, 0.4) is 0 Å². The number of nitrogens with zero attached hydrogens (tertiary/aromatic N) is 3. The van der Waals surface area contributed by atoms with E-state index in [1.807, 2.05) is 6.07 Å². The van der Waals surface area contributed by atoms with Gasteiger partial charge >= 0.3 is 0 Å². The summed E-state index contributed by atoms with van der Waals surface area (Å²) in [6, 6.07) is 13.3. The molecule has 1 aromatic heterocycles. The Bertz CT molecular complexity index is 965. The fraction of sp³-hybridized carbons (Fsp3) is 0.435. The maximum absolute atomic E-state index is 6.30. The van der Waals surface area contributed by atoms with Gasteiger partial charge in [-0.25, -0.2) is 4.98 Å². The largest absolute Gasteiger partial charge is 0.327 e. The van der Waals surface area contributed by atoms with E-state index in [1.165, 1.54) is 47.3 Å². The van der Waals surface area contributed by atoms with Gasteiger partial charge in [-0.3, -0.25) is 4.90 Å². The average molecular weight is 380 g/mol. The SMILES string of the molecule is Cc1ccc(C2CCN(Cc3nc4cc(Cl)cc5c4n3CCC5)CC2)cc1. The zero-order chi connectivity index (χ0) is 18.4. The van der Waals surface area contributed by atoms with Crippen molar-refractivity contribution in [2.45, 2.75) is 51.6 Å². The maximum atomic E-state index is 6.30. The molecule has 2 aliphatic heterocycles. The monoisotopic (exact) mass is 379 g/mol. The van der Waals surface area contributed by atoms with Crippen molar-refractivity contribution in [3.8, 4) is 0 Å². The smallest absolute Gasteiger partial charge is 0.124 e. The first-order chi connectivity index (χ1) is 13.2. The van der Waals surface area contributed by atoms with Crippen LogP contribution in [-0.2, 0) is 19.5 Å². The van der Waals surface area contributed by atoms with Crippen molar-refractivity contribution in [3.05, 3.63) is 63.9 Å². The molecule has 3 nitrogen and oxygen atoms in total. The maximum Gasteiger partial charge on any atom is 0.124 e. The van der Waals surface area contributed by atoms with Crippen molar-refractivity contribution < 1.29 is 0 Å². The van der Waals surface area contributed by atoms with Gasteiger partial charge in [-0.15, -0.1) is 0 Å². The third-order valence-electron chi connectivity index (χ3n) is 6.29. The molecule has 27 heavy (non-hydrogen) atoms. The van der Waals surface area contributed by atoms with Crippen LogP contribution in [-0.4, -0.2) is 27.5 Å². The molecule has 1 saturated heterocycles. The first-order valence-electron chi connectivity index (χ1n) is 10.1. The highest BCUT2D eigenvalue weighted by molar-refractivity contribution is 6.31. The topological polar surface area (TPSA) is 21.1 Å². The molecule has 0 radical (unpaired) electrons. The van der Waals surface area contributed by atoms with E-state index in [0.717, 1.165) is 43.1 Å². The summed E-state index contributed by atoms with van der Waals surface area (Å²) in [4.78, 5) is 7.54. The van der Waals surface area contributed by atoms with E-state index in [4.69, 9.17) is 16.6 Å². The molecule has 2 aromatic carbocycles. The molecule has 0 aliphatic carbocycles. The number of imidazole rings is 1. The minimum absolute atomic E-state index is 0.699. The number of hydrogen-bond donors (Lipinski definition) is 0. The number of piperidine rings is 1. The lowest BCUT2D eigenvalue weighted by atomic mass is 9.89. The molecule has 4 heteroatoms. The Morgan fingerprint density at radius 3 is 2.63 bits per heavy atom. The van der Waals surface area contributed by atoms with Crippen LogP contribution in [0.1, 0.15) is 47.7 Å². The van der Waals surface area contributed by atoms with Gasteiger partial charge in [0, 0.05) is 11.6 Å². The van der Waals surface area contributed by atoms with Crippen molar-refractivity contribution in [1.29, 1.82) is 0 Å². The normalized spacial score (nSPS) is 18.3. The van der Waals surface area contributed by atoms with Crippen LogP contribution < -0.4 is 0 Å². The Morgan fingerprint density at radius 1 is 1.07 bits per heavy atom. The predicted octanol–water partition coefficient (Wildman–Crippen LogP) is 5.32. The summed E-state index contributed by atoms with van der Waals surface area (Å²) >= 11 is 6.30. The van der Waals surface area contributed by atoms with Crippen molar-refractivity contribution in [2.24, 2.45) is 0 Å². The molecule has 0 bridgehead atoms. The second kappa shape index (κ2) is 6.96. The second-order valence-electron chi connectivity index (χ2n) is 8.18. The third-order valence-corrected chi connectivity index (χ3v) is 6.51. The zero-order valence-electron chi connectivity index (χ0n) is 15.9. The number of halogens is 1. The third kappa shape index (κ3) is 3.28. The van der Waals surface area contributed by atoms with Gasteiger partial charge in [-0.2, -0.15) is 0 Å². The molecule has 140 valence electrons. The summed E-state index contributed by atoms with van der Waals surface area (Å²) in [5.41, 5.74) is 6.59. The van der Waals surface area contributed by atoms with E-state index in [1.54, 1.807) is 0 Å². The number of rotatable bonds is 3. The molecule has 0 spiro atoms. The van der Waals surface area contributed by atoms with Gasteiger partial charge in [-0.1, -0.05) is 41.4 Å². The Labute approximate surface area is 166 Å². The minimum atomic E-state index is 0.699. The summed E-state index contributed by atoms with van der Waals surface area (Å²) in [6.45, 7) is 6.49. The van der Waals surface area contributed by atoms with E-state index in [-0.39, 0.29) is 0 Å². The van der Waals surface area contributed by atoms with Crippen LogP contribution in [0.5, 0.6) is 0 Å². The Balaban J connectivity index is 1.32. The number of hydrogen-bond acceptors (Lipinski definition) is 2. The lowest BCUT2D eigenvalue weighted by Crippen LogP contribution is -2.33. The molecule has 0 unspecified atom stereocenters. The Hall–Kier alpha value is -1.84. The van der Waals surface area contributed by atoms with Gasteiger partial charge in [-0.05, 0) is 74.9 Å². The Kier molecular flexibility index (Phi) is 4.45. The summed E-state index contributed by atoms with van der Waals surface area (Å²) in [7, 11) is 0. The van der Waals surface area contributed by atoms with Crippen LogP contribution in [0.15, 0.2) is 36.4 Å². The summed E-state index contributed by atoms with van der Waals surface area (Å²) in [5.74, 6) is 1.91. The van der Waals surface area contributed by atoms with Crippen molar-refractivity contribution in [1.82, 2.24) is 14.5 Å². The van der Waals surface area contributed by atoms with Crippen LogP contribution in [0.25, 0.3) is 11.0 Å². The van der Waals surface area contributed by atoms with Gasteiger partial charge in [0.05, 0.1) is 17.6 Å². The molecule has 0 saturated carbocycles. The highest BCUT2D eigenvalue weighted by atomic mass is 35.5. The van der Waals surface area contributed by atoms with E-state index in [2.05, 4.69) is 46.7 Å². The average Bonchev–Trinajstić information content (AvgIpc) is 3.02. The molecule has 0 amide bonds. The molecular weight excluding hydrogens is 354 g/mol. The molecule has 5 rings (SSSR count).